The van der Waals surface area contributed by atoms with Gasteiger partial charge in [0.05, 0.1) is 48.4 Å². The van der Waals surface area contributed by atoms with Crippen molar-refractivity contribution in [1.29, 1.82) is 5.26 Å². The molecule has 0 aliphatic carbocycles. The molecule has 0 N–H and O–H groups in total. The number of aromatic nitrogens is 1. The minimum Gasteiger partial charge on any atom is -0.465 e. The van der Waals surface area contributed by atoms with Crippen molar-refractivity contribution in [2.45, 2.75) is 13.8 Å². The highest BCUT2D eigenvalue weighted by atomic mass is 16.5. The van der Waals surface area contributed by atoms with Crippen molar-refractivity contribution in [2.24, 2.45) is 0 Å². The number of rotatable bonds is 3. The van der Waals surface area contributed by atoms with Gasteiger partial charge in [-0.1, -0.05) is 18.2 Å². The van der Waals surface area contributed by atoms with Gasteiger partial charge in [0.1, 0.15) is 0 Å². The van der Waals surface area contributed by atoms with Crippen LogP contribution in [0.15, 0.2) is 24.3 Å². The number of esters is 2. The average molecular weight is 324 g/mol. The molecule has 0 saturated carbocycles. The summed E-state index contributed by atoms with van der Waals surface area (Å²) in [4.78, 5) is 28.9. The fraction of sp³-hybridized carbons (Fsp3) is 0.222. The molecule has 0 aliphatic rings. The second kappa shape index (κ2) is 6.92. The number of hydrogen-bond acceptors (Lipinski definition) is 6. The van der Waals surface area contributed by atoms with E-state index in [0.29, 0.717) is 28.1 Å². The fourth-order valence-corrected chi connectivity index (χ4v) is 2.62. The quantitative estimate of drug-likeness (QED) is 0.807. The van der Waals surface area contributed by atoms with Crippen molar-refractivity contribution in [3.05, 3.63) is 52.3 Å². The molecule has 6 nitrogen and oxygen atoms in total. The lowest BCUT2D eigenvalue weighted by Crippen LogP contribution is -2.16. The van der Waals surface area contributed by atoms with Gasteiger partial charge in [-0.05, 0) is 19.9 Å². The van der Waals surface area contributed by atoms with Crippen LogP contribution >= 0.6 is 0 Å². The number of nitrogens with zero attached hydrogens (tertiary/aromatic N) is 2. The third-order valence-electron chi connectivity index (χ3n) is 3.65. The summed E-state index contributed by atoms with van der Waals surface area (Å²) >= 11 is 0. The number of ether oxygens (including phenoxy) is 2. The molecular weight excluding hydrogens is 308 g/mol. The summed E-state index contributed by atoms with van der Waals surface area (Å²) in [5, 5.41) is 9.39. The first-order chi connectivity index (χ1) is 11.5. The van der Waals surface area contributed by atoms with Crippen LogP contribution in [0.2, 0.25) is 0 Å². The standard InChI is InChI=1S/C18H16N2O4/c1-10-14(17(21)23-3)16(13-8-6-5-7-12(13)9-19)15(11(2)20-10)18(22)24-4/h5-8H,1-4H3. The number of methoxy groups -OCH3 is 2. The molecule has 0 saturated heterocycles. The van der Waals surface area contributed by atoms with E-state index in [4.69, 9.17) is 9.47 Å². The molecule has 1 aromatic heterocycles. The summed E-state index contributed by atoms with van der Waals surface area (Å²) in [5.74, 6) is -1.26. The van der Waals surface area contributed by atoms with Gasteiger partial charge in [-0.2, -0.15) is 5.26 Å². The molecule has 1 heterocycles. The Hall–Kier alpha value is -3.20. The molecule has 0 bridgehead atoms. The molecule has 0 spiro atoms. The number of carbonyl (C=O) groups is 2. The zero-order valence-corrected chi connectivity index (χ0v) is 13.8. The van der Waals surface area contributed by atoms with Gasteiger partial charge in [0.2, 0.25) is 0 Å². The largest absolute Gasteiger partial charge is 0.465 e. The lowest BCUT2D eigenvalue weighted by atomic mass is 9.90. The van der Waals surface area contributed by atoms with Gasteiger partial charge in [0.15, 0.2) is 0 Å². The highest BCUT2D eigenvalue weighted by molar-refractivity contribution is 6.07. The fourth-order valence-electron chi connectivity index (χ4n) is 2.62. The number of nitriles is 1. The van der Waals surface area contributed by atoms with Gasteiger partial charge < -0.3 is 9.47 Å². The summed E-state index contributed by atoms with van der Waals surface area (Å²) < 4.78 is 9.69. The Morgan fingerprint density at radius 2 is 1.50 bits per heavy atom. The van der Waals surface area contributed by atoms with E-state index in [1.54, 1.807) is 38.1 Å². The van der Waals surface area contributed by atoms with Crippen LogP contribution in [0.5, 0.6) is 0 Å². The van der Waals surface area contributed by atoms with Crippen LogP contribution in [0.25, 0.3) is 11.1 Å². The number of pyridine rings is 1. The van der Waals surface area contributed by atoms with Crippen LogP contribution < -0.4 is 0 Å². The van der Waals surface area contributed by atoms with Gasteiger partial charge in [-0.25, -0.2) is 9.59 Å². The summed E-state index contributed by atoms with van der Waals surface area (Å²) in [6.45, 7) is 3.30. The molecule has 0 aliphatic heterocycles. The van der Waals surface area contributed by atoms with Crippen LogP contribution in [0.1, 0.15) is 37.7 Å². The van der Waals surface area contributed by atoms with Gasteiger partial charge in [-0.15, -0.1) is 0 Å². The Labute approximate surface area is 139 Å². The first-order valence-electron chi connectivity index (χ1n) is 7.13. The average Bonchev–Trinajstić information content (AvgIpc) is 2.59. The van der Waals surface area contributed by atoms with E-state index in [-0.39, 0.29) is 11.1 Å². The third-order valence-corrected chi connectivity index (χ3v) is 3.65. The molecule has 0 unspecified atom stereocenters. The molecule has 24 heavy (non-hydrogen) atoms. The maximum atomic E-state index is 12.3. The highest BCUT2D eigenvalue weighted by Gasteiger charge is 2.28. The molecule has 0 amide bonds. The second-order valence-electron chi connectivity index (χ2n) is 5.05. The maximum absolute atomic E-state index is 12.3. The number of hydrogen-bond donors (Lipinski definition) is 0. The van der Waals surface area contributed by atoms with Crippen molar-refractivity contribution in [3.63, 3.8) is 0 Å². The lowest BCUT2D eigenvalue weighted by Gasteiger charge is -2.17. The van der Waals surface area contributed by atoms with E-state index in [2.05, 4.69) is 11.1 Å². The predicted molar refractivity (Wildman–Crippen MR) is 86.5 cm³/mol. The minimum atomic E-state index is -0.632. The smallest absolute Gasteiger partial charge is 0.340 e. The van der Waals surface area contributed by atoms with E-state index in [1.807, 2.05) is 0 Å². The van der Waals surface area contributed by atoms with Crippen LogP contribution in [0.4, 0.5) is 0 Å². The summed E-state index contributed by atoms with van der Waals surface area (Å²) in [5.41, 5.74) is 2.20. The molecule has 0 fully saturated rings. The number of carbonyl (C=O) groups excluding carboxylic acids is 2. The molecule has 1 aromatic carbocycles. The van der Waals surface area contributed by atoms with Gasteiger partial charge in [0.25, 0.3) is 0 Å². The predicted octanol–water partition coefficient (Wildman–Crippen LogP) is 2.81. The van der Waals surface area contributed by atoms with E-state index < -0.39 is 11.9 Å². The van der Waals surface area contributed by atoms with Crippen molar-refractivity contribution in [2.75, 3.05) is 14.2 Å². The summed E-state index contributed by atoms with van der Waals surface area (Å²) in [6.07, 6.45) is 0. The summed E-state index contributed by atoms with van der Waals surface area (Å²) in [7, 11) is 2.50. The zero-order valence-electron chi connectivity index (χ0n) is 13.8. The Balaban J connectivity index is 3.02. The second-order valence-corrected chi connectivity index (χ2v) is 5.05. The monoisotopic (exact) mass is 324 g/mol. The molecule has 2 aromatic rings. The Morgan fingerprint density at radius 3 is 1.96 bits per heavy atom. The van der Waals surface area contributed by atoms with Crippen LogP contribution in [0, 0.1) is 25.2 Å². The van der Waals surface area contributed by atoms with E-state index in [1.165, 1.54) is 14.2 Å². The first kappa shape index (κ1) is 17.2. The van der Waals surface area contributed by atoms with Crippen molar-refractivity contribution < 1.29 is 19.1 Å². The van der Waals surface area contributed by atoms with Crippen LogP contribution in [-0.2, 0) is 9.47 Å². The first-order valence-corrected chi connectivity index (χ1v) is 7.13. The highest BCUT2D eigenvalue weighted by Crippen LogP contribution is 2.34. The SMILES string of the molecule is COC(=O)c1c(C)nc(C)c(C(=O)OC)c1-c1ccccc1C#N. The van der Waals surface area contributed by atoms with Crippen molar-refractivity contribution >= 4 is 11.9 Å². The minimum absolute atomic E-state index is 0.145. The maximum Gasteiger partial charge on any atom is 0.340 e. The van der Waals surface area contributed by atoms with Crippen LogP contribution in [-0.4, -0.2) is 31.1 Å². The Bertz CT molecular complexity index is 826. The lowest BCUT2D eigenvalue weighted by molar-refractivity contribution is 0.0599. The van der Waals surface area contributed by atoms with Crippen molar-refractivity contribution in [1.82, 2.24) is 4.98 Å². The Kier molecular flexibility index (Phi) is 4.95. The van der Waals surface area contributed by atoms with Gasteiger partial charge in [-0.3, -0.25) is 4.98 Å². The molecule has 6 heteroatoms. The molecule has 0 atom stereocenters. The Morgan fingerprint density at radius 1 is 1.00 bits per heavy atom. The van der Waals surface area contributed by atoms with Gasteiger partial charge in [0, 0.05) is 11.1 Å². The van der Waals surface area contributed by atoms with Gasteiger partial charge >= 0.3 is 11.9 Å². The summed E-state index contributed by atoms with van der Waals surface area (Å²) in [6, 6.07) is 8.80. The molecule has 122 valence electrons. The number of aryl methyl sites for hydroxylation is 2. The normalized spacial score (nSPS) is 9.96. The van der Waals surface area contributed by atoms with E-state index in [0.717, 1.165) is 0 Å². The van der Waals surface area contributed by atoms with Crippen LogP contribution in [0.3, 0.4) is 0 Å². The third kappa shape index (κ3) is 2.84. The molecule has 0 radical (unpaired) electrons. The zero-order chi connectivity index (χ0) is 17.9. The molecular formula is C18H16N2O4. The number of benzene rings is 1. The van der Waals surface area contributed by atoms with E-state index >= 15 is 0 Å². The van der Waals surface area contributed by atoms with E-state index in [9.17, 15) is 14.9 Å². The van der Waals surface area contributed by atoms with Crippen molar-refractivity contribution in [3.8, 4) is 17.2 Å². The molecule has 2 rings (SSSR count). The topological polar surface area (TPSA) is 89.3 Å².